The Kier molecular flexibility index (Phi) is 7.05. The Labute approximate surface area is 168 Å². The van der Waals surface area contributed by atoms with Gasteiger partial charge < -0.3 is 20.7 Å². The minimum absolute atomic E-state index is 0.0524. The highest BCUT2D eigenvalue weighted by molar-refractivity contribution is 5.44. The second-order valence-corrected chi connectivity index (χ2v) is 6.84. The van der Waals surface area contributed by atoms with E-state index in [1.807, 2.05) is 0 Å². The van der Waals surface area contributed by atoms with Crippen molar-refractivity contribution in [2.75, 3.05) is 6.61 Å². The van der Waals surface area contributed by atoms with E-state index >= 15 is 0 Å². The Morgan fingerprint density at radius 3 is 2.10 bits per heavy atom. The van der Waals surface area contributed by atoms with Gasteiger partial charge in [-0.25, -0.2) is 0 Å². The SMILES string of the molecule is CCCC(O)C(N)(CO)c1ccc(Oc2cccc(C(F)(F)F)c2)cc1C(F)(F)F. The summed E-state index contributed by atoms with van der Waals surface area (Å²) < 4.78 is 84.7. The number of hydrogen-bond acceptors (Lipinski definition) is 4. The molecular weight excluding hydrogens is 416 g/mol. The normalized spacial score (nSPS) is 15.5. The molecule has 10 heteroatoms. The second-order valence-electron chi connectivity index (χ2n) is 6.84. The molecule has 0 bridgehead atoms. The van der Waals surface area contributed by atoms with E-state index in [9.17, 15) is 36.6 Å². The molecule has 0 spiro atoms. The van der Waals surface area contributed by atoms with Gasteiger partial charge in [-0.1, -0.05) is 25.5 Å². The Bertz CT molecular complexity index is 868. The van der Waals surface area contributed by atoms with Crippen molar-refractivity contribution in [1.82, 2.24) is 0 Å². The molecule has 2 rings (SSSR count). The fourth-order valence-corrected chi connectivity index (χ4v) is 3.00. The quantitative estimate of drug-likeness (QED) is 0.543. The lowest BCUT2D eigenvalue weighted by atomic mass is 9.81. The molecule has 0 saturated carbocycles. The molecule has 4 N–H and O–H groups in total. The third kappa shape index (κ3) is 5.24. The van der Waals surface area contributed by atoms with Crippen LogP contribution in [0.2, 0.25) is 0 Å². The maximum Gasteiger partial charge on any atom is 0.416 e. The smallest absolute Gasteiger partial charge is 0.416 e. The van der Waals surface area contributed by atoms with E-state index in [-0.39, 0.29) is 17.9 Å². The first kappa shape index (κ1) is 24.0. The first-order chi connectivity index (χ1) is 13.8. The highest BCUT2D eigenvalue weighted by Gasteiger charge is 2.43. The summed E-state index contributed by atoms with van der Waals surface area (Å²) in [5, 5.41) is 19.9. The van der Waals surface area contributed by atoms with Crippen molar-refractivity contribution in [3.63, 3.8) is 0 Å². The van der Waals surface area contributed by atoms with Gasteiger partial charge >= 0.3 is 12.4 Å². The molecule has 2 unspecified atom stereocenters. The first-order valence-electron chi connectivity index (χ1n) is 8.97. The van der Waals surface area contributed by atoms with Gasteiger partial charge in [0.15, 0.2) is 0 Å². The zero-order chi connectivity index (χ0) is 22.7. The maximum atomic E-state index is 13.7. The molecule has 2 atom stereocenters. The van der Waals surface area contributed by atoms with Crippen molar-refractivity contribution >= 4 is 0 Å². The predicted molar refractivity (Wildman–Crippen MR) is 96.8 cm³/mol. The Morgan fingerprint density at radius 1 is 0.933 bits per heavy atom. The third-order valence-electron chi connectivity index (χ3n) is 4.61. The van der Waals surface area contributed by atoms with Crippen molar-refractivity contribution < 1.29 is 41.3 Å². The van der Waals surface area contributed by atoms with Gasteiger partial charge in [0, 0.05) is 0 Å². The summed E-state index contributed by atoms with van der Waals surface area (Å²) in [5.41, 5.74) is 1.03. The molecule has 2 aromatic carbocycles. The molecule has 2 aromatic rings. The molecule has 0 saturated heterocycles. The summed E-state index contributed by atoms with van der Waals surface area (Å²) >= 11 is 0. The molecule has 0 radical (unpaired) electrons. The van der Waals surface area contributed by atoms with Crippen LogP contribution in [0.5, 0.6) is 11.5 Å². The lowest BCUT2D eigenvalue weighted by Crippen LogP contribution is -2.52. The fourth-order valence-electron chi connectivity index (χ4n) is 3.00. The number of nitrogens with two attached hydrogens (primary N) is 1. The Morgan fingerprint density at radius 2 is 1.57 bits per heavy atom. The Hall–Kier alpha value is -2.30. The molecule has 0 aliphatic heterocycles. The third-order valence-corrected chi connectivity index (χ3v) is 4.61. The van der Waals surface area contributed by atoms with Crippen molar-refractivity contribution in [2.24, 2.45) is 5.73 Å². The van der Waals surface area contributed by atoms with Crippen LogP contribution in [0.1, 0.15) is 36.5 Å². The summed E-state index contributed by atoms with van der Waals surface area (Å²) in [5.74, 6) is -0.687. The van der Waals surface area contributed by atoms with Gasteiger partial charge in [0.2, 0.25) is 0 Å². The van der Waals surface area contributed by atoms with Gasteiger partial charge in [-0.2, -0.15) is 26.3 Å². The van der Waals surface area contributed by atoms with Crippen LogP contribution in [0.15, 0.2) is 42.5 Å². The monoisotopic (exact) mass is 437 g/mol. The van der Waals surface area contributed by atoms with Crippen LogP contribution < -0.4 is 10.5 Å². The number of hydrogen-bond donors (Lipinski definition) is 3. The summed E-state index contributed by atoms with van der Waals surface area (Å²) in [6.07, 6.45) is -10.6. The van der Waals surface area contributed by atoms with Crippen LogP contribution >= 0.6 is 0 Å². The molecule has 0 amide bonds. The minimum atomic E-state index is -4.92. The molecular formula is C20H21F6NO3. The van der Waals surface area contributed by atoms with E-state index < -0.39 is 47.3 Å². The fraction of sp³-hybridized carbons (Fsp3) is 0.400. The Balaban J connectivity index is 2.49. The van der Waals surface area contributed by atoms with E-state index in [2.05, 4.69) is 0 Å². The van der Waals surface area contributed by atoms with Crippen LogP contribution in [0.25, 0.3) is 0 Å². The number of aliphatic hydroxyl groups is 2. The number of alkyl halides is 6. The summed E-state index contributed by atoms with van der Waals surface area (Å²) in [7, 11) is 0. The zero-order valence-corrected chi connectivity index (χ0v) is 15.9. The topological polar surface area (TPSA) is 75.7 Å². The molecule has 30 heavy (non-hydrogen) atoms. The summed E-state index contributed by atoms with van der Waals surface area (Å²) in [6, 6.07) is 6.30. The van der Waals surface area contributed by atoms with Gasteiger partial charge in [-0.05, 0) is 42.3 Å². The highest BCUT2D eigenvalue weighted by Crippen LogP contribution is 2.41. The van der Waals surface area contributed by atoms with Crippen molar-refractivity contribution in [3.8, 4) is 11.5 Å². The van der Waals surface area contributed by atoms with E-state index in [1.165, 1.54) is 6.07 Å². The van der Waals surface area contributed by atoms with Gasteiger partial charge in [0.1, 0.15) is 11.5 Å². The van der Waals surface area contributed by atoms with Crippen molar-refractivity contribution in [1.29, 1.82) is 0 Å². The molecule has 0 aliphatic rings. The molecule has 0 heterocycles. The van der Waals surface area contributed by atoms with E-state index in [4.69, 9.17) is 10.5 Å². The molecule has 0 aromatic heterocycles. The molecule has 4 nitrogen and oxygen atoms in total. The van der Waals surface area contributed by atoms with Crippen molar-refractivity contribution in [3.05, 3.63) is 59.2 Å². The maximum absolute atomic E-state index is 13.7. The lowest BCUT2D eigenvalue weighted by Gasteiger charge is -2.35. The summed E-state index contributed by atoms with van der Waals surface area (Å²) in [4.78, 5) is 0. The largest absolute Gasteiger partial charge is 0.457 e. The average Bonchev–Trinajstić information content (AvgIpc) is 2.66. The standard InChI is InChI=1S/C20H21F6NO3/c1-2-4-17(29)18(27,11-28)15-8-7-14(10-16(15)20(24,25)26)30-13-6-3-5-12(9-13)19(21,22)23/h3,5-10,17,28-29H,2,4,11,27H2,1H3. The van der Waals surface area contributed by atoms with Crippen LogP contribution in [0.3, 0.4) is 0 Å². The number of halogens is 6. The molecule has 166 valence electrons. The van der Waals surface area contributed by atoms with Gasteiger partial charge in [0.25, 0.3) is 0 Å². The van der Waals surface area contributed by atoms with Crippen LogP contribution in [-0.4, -0.2) is 22.9 Å². The number of aliphatic hydroxyl groups excluding tert-OH is 2. The number of rotatable bonds is 7. The summed E-state index contributed by atoms with van der Waals surface area (Å²) in [6.45, 7) is 0.739. The predicted octanol–water partition coefficient (Wildman–Crippen LogP) is 4.82. The number of ether oxygens (including phenoxy) is 1. The van der Waals surface area contributed by atoms with Gasteiger partial charge in [-0.3, -0.25) is 0 Å². The lowest BCUT2D eigenvalue weighted by molar-refractivity contribution is -0.139. The van der Waals surface area contributed by atoms with E-state index in [1.54, 1.807) is 6.92 Å². The molecule has 0 aliphatic carbocycles. The average molecular weight is 437 g/mol. The number of benzene rings is 2. The first-order valence-corrected chi connectivity index (χ1v) is 8.97. The van der Waals surface area contributed by atoms with E-state index in [0.717, 1.165) is 24.3 Å². The highest BCUT2D eigenvalue weighted by atomic mass is 19.4. The van der Waals surface area contributed by atoms with Crippen LogP contribution in [-0.2, 0) is 17.9 Å². The van der Waals surface area contributed by atoms with E-state index in [0.29, 0.717) is 18.6 Å². The van der Waals surface area contributed by atoms with Crippen LogP contribution in [0, 0.1) is 0 Å². The van der Waals surface area contributed by atoms with Crippen molar-refractivity contribution in [2.45, 2.75) is 43.8 Å². The zero-order valence-electron chi connectivity index (χ0n) is 15.9. The molecule has 0 fully saturated rings. The second kappa shape index (κ2) is 8.83. The van der Waals surface area contributed by atoms with Gasteiger partial charge in [-0.15, -0.1) is 0 Å². The van der Waals surface area contributed by atoms with Crippen LogP contribution in [0.4, 0.5) is 26.3 Å². The van der Waals surface area contributed by atoms with Gasteiger partial charge in [0.05, 0.1) is 29.4 Å². The minimum Gasteiger partial charge on any atom is -0.457 e.